The Balaban J connectivity index is 1.27. The van der Waals surface area contributed by atoms with Crippen molar-refractivity contribution in [1.29, 1.82) is 0 Å². The zero-order chi connectivity index (χ0) is 32.5. The quantitative estimate of drug-likeness (QED) is 0.185. The summed E-state index contributed by atoms with van der Waals surface area (Å²) in [7, 11) is 0. The van der Waals surface area contributed by atoms with Gasteiger partial charge in [-0.25, -0.2) is 4.79 Å². The molecule has 2 amide bonds. The van der Waals surface area contributed by atoms with E-state index in [1.54, 1.807) is 31.2 Å². The maximum absolute atomic E-state index is 13.3. The fourth-order valence-corrected chi connectivity index (χ4v) is 6.31. The van der Waals surface area contributed by atoms with E-state index in [2.05, 4.69) is 4.98 Å². The largest absolute Gasteiger partial charge is 0.358 e. The van der Waals surface area contributed by atoms with Gasteiger partial charge in [-0.05, 0) is 35.7 Å². The third kappa shape index (κ3) is 5.42. The lowest BCUT2D eigenvalue weighted by atomic mass is 9.80. The zero-order valence-corrected chi connectivity index (χ0v) is 25.4. The number of hydrogen-bond acceptors (Lipinski definition) is 7. The number of H-pyrrole nitrogens is 1. The van der Waals surface area contributed by atoms with Crippen LogP contribution in [0.1, 0.15) is 55.6 Å². The topological polar surface area (TPSA) is 120 Å². The number of rotatable bonds is 9. The molecule has 0 aliphatic carbocycles. The molecule has 0 saturated carbocycles. The van der Waals surface area contributed by atoms with E-state index >= 15 is 0 Å². The molecule has 1 N–H and O–H groups in total. The van der Waals surface area contributed by atoms with Crippen LogP contribution in [0.5, 0.6) is 0 Å². The summed E-state index contributed by atoms with van der Waals surface area (Å²) in [5.41, 5.74) is 1.18. The lowest BCUT2D eigenvalue weighted by Gasteiger charge is -2.37. The van der Waals surface area contributed by atoms with Crippen LogP contribution in [-0.4, -0.2) is 45.2 Å². The highest BCUT2D eigenvalue weighted by molar-refractivity contribution is 6.20. The summed E-state index contributed by atoms with van der Waals surface area (Å²) in [6.45, 7) is 1.53. The first-order valence-electron chi connectivity index (χ1n) is 15.3. The first-order chi connectivity index (χ1) is 22.9. The fourth-order valence-electron chi connectivity index (χ4n) is 6.31. The molecule has 2 aliphatic heterocycles. The molecule has 1 aromatic heterocycles. The van der Waals surface area contributed by atoms with Crippen molar-refractivity contribution in [2.24, 2.45) is 0 Å². The number of hydroxylamine groups is 2. The molecule has 4 aromatic carbocycles. The maximum atomic E-state index is 13.3. The Kier molecular flexibility index (Phi) is 7.98. The van der Waals surface area contributed by atoms with Crippen LogP contribution < -0.4 is 11.2 Å². The number of fused-ring (bicyclic) bond motifs is 1. The molecule has 0 radical (unpaired) electrons. The van der Waals surface area contributed by atoms with Crippen LogP contribution in [0.15, 0.2) is 131 Å². The normalized spacial score (nSPS) is 19.3. The van der Waals surface area contributed by atoms with Gasteiger partial charge in [0.15, 0.2) is 0 Å². The fraction of sp³-hybridized carbons (Fsp3) is 0.189. The minimum atomic E-state index is -1.09. The highest BCUT2D eigenvalue weighted by atomic mass is 16.7. The molecular weight excluding hydrogens is 598 g/mol. The number of imide groups is 1. The second-order valence-corrected chi connectivity index (χ2v) is 11.5. The molecule has 10 heteroatoms. The van der Waals surface area contributed by atoms with Gasteiger partial charge in [0.2, 0.25) is 0 Å². The minimum absolute atomic E-state index is 0.0555. The van der Waals surface area contributed by atoms with Gasteiger partial charge < -0.3 is 9.47 Å². The Morgan fingerprint density at radius 2 is 1.23 bits per heavy atom. The summed E-state index contributed by atoms with van der Waals surface area (Å²) in [5.74, 6) is -1.17. The second-order valence-electron chi connectivity index (χ2n) is 11.5. The van der Waals surface area contributed by atoms with E-state index in [4.69, 9.17) is 14.3 Å². The van der Waals surface area contributed by atoms with E-state index in [0.29, 0.717) is 5.56 Å². The number of aryl methyl sites for hydroxylation is 1. The van der Waals surface area contributed by atoms with E-state index in [9.17, 15) is 19.2 Å². The summed E-state index contributed by atoms with van der Waals surface area (Å²) >= 11 is 0. The van der Waals surface area contributed by atoms with E-state index in [-0.39, 0.29) is 24.2 Å². The first-order valence-corrected chi connectivity index (χ1v) is 15.3. The van der Waals surface area contributed by atoms with Gasteiger partial charge >= 0.3 is 5.69 Å². The number of carbonyl (C=O) groups is 2. The molecule has 1 fully saturated rings. The summed E-state index contributed by atoms with van der Waals surface area (Å²) in [5, 5.41) is 0.758. The van der Waals surface area contributed by atoms with Gasteiger partial charge in [0.25, 0.3) is 17.4 Å². The Morgan fingerprint density at radius 1 is 0.745 bits per heavy atom. The molecule has 1 saturated heterocycles. The SMILES string of the molecule is Cc1cn([C@H]2C[C@H](ON3C(=O)c4ccccc4C3=O)[C@@H](COC(c3ccccc3)(c3ccccc3)c3ccccc3)O2)c(=O)[nH]c1=O. The molecular formula is C37H31N3O7. The Labute approximate surface area is 269 Å². The van der Waals surface area contributed by atoms with Crippen LogP contribution in [0.4, 0.5) is 0 Å². The van der Waals surface area contributed by atoms with Gasteiger partial charge in [0.05, 0.1) is 17.7 Å². The number of benzene rings is 4. The number of amides is 2. The number of nitrogens with zero attached hydrogens (tertiary/aromatic N) is 2. The predicted octanol–water partition coefficient (Wildman–Crippen LogP) is 4.74. The van der Waals surface area contributed by atoms with Crippen LogP contribution in [0.25, 0.3) is 0 Å². The van der Waals surface area contributed by atoms with E-state index < -0.39 is 47.1 Å². The number of ether oxygens (including phenoxy) is 2. The van der Waals surface area contributed by atoms with Crippen LogP contribution in [0.3, 0.4) is 0 Å². The van der Waals surface area contributed by atoms with E-state index in [1.807, 2.05) is 91.0 Å². The minimum Gasteiger partial charge on any atom is -0.358 e. The van der Waals surface area contributed by atoms with Crippen LogP contribution in [-0.2, 0) is 19.9 Å². The third-order valence-electron chi connectivity index (χ3n) is 8.64. The second kappa shape index (κ2) is 12.4. The highest BCUT2D eigenvalue weighted by Crippen LogP contribution is 2.42. The third-order valence-corrected chi connectivity index (χ3v) is 8.64. The molecule has 0 spiro atoms. The number of hydrogen-bond donors (Lipinski definition) is 1. The molecule has 10 nitrogen and oxygen atoms in total. The Bertz CT molecular complexity index is 1910. The van der Waals surface area contributed by atoms with Gasteiger partial charge in [-0.1, -0.05) is 103 Å². The van der Waals surface area contributed by atoms with Crippen LogP contribution in [0.2, 0.25) is 0 Å². The molecule has 0 unspecified atom stereocenters. The van der Waals surface area contributed by atoms with Crippen LogP contribution in [0, 0.1) is 6.92 Å². The molecule has 3 heterocycles. The molecule has 2 aliphatic rings. The maximum Gasteiger partial charge on any atom is 0.330 e. The summed E-state index contributed by atoms with van der Waals surface area (Å²) in [6.07, 6.45) is -1.11. The van der Waals surface area contributed by atoms with Crippen molar-refractivity contribution in [3.05, 3.63) is 176 Å². The van der Waals surface area contributed by atoms with Gasteiger partial charge in [-0.3, -0.25) is 28.8 Å². The molecule has 0 bridgehead atoms. The predicted molar refractivity (Wildman–Crippen MR) is 172 cm³/mol. The Hall–Kier alpha value is -5.42. The average molecular weight is 630 g/mol. The lowest BCUT2D eigenvalue weighted by molar-refractivity contribution is -0.166. The van der Waals surface area contributed by atoms with Crippen LogP contribution >= 0.6 is 0 Å². The number of aromatic amines is 1. The highest BCUT2D eigenvalue weighted by Gasteiger charge is 2.46. The smallest absolute Gasteiger partial charge is 0.330 e. The number of aromatic nitrogens is 2. The lowest BCUT2D eigenvalue weighted by Crippen LogP contribution is -2.42. The van der Waals surface area contributed by atoms with E-state index in [1.165, 1.54) is 10.8 Å². The molecule has 3 atom stereocenters. The van der Waals surface area contributed by atoms with Gasteiger partial charge in [0.1, 0.15) is 24.0 Å². The van der Waals surface area contributed by atoms with Crippen molar-refractivity contribution in [3.63, 3.8) is 0 Å². The summed E-state index contributed by atoms with van der Waals surface area (Å²) in [6, 6.07) is 35.9. The van der Waals surface area contributed by atoms with Crippen molar-refractivity contribution in [2.45, 2.75) is 37.4 Å². The molecule has 5 aromatic rings. The first kappa shape index (κ1) is 30.2. The van der Waals surface area contributed by atoms with Crippen molar-refractivity contribution < 1.29 is 23.9 Å². The molecule has 47 heavy (non-hydrogen) atoms. The molecule has 7 rings (SSSR count). The standard InChI is InChI=1S/C37H31N3O7/c1-24-22-39(36(44)38-33(24)41)32-21-30(47-40-34(42)28-19-11-12-20-29(28)35(40)43)31(46-32)23-45-37(25-13-5-2-6-14-25,26-15-7-3-8-16-26)27-17-9-4-10-18-27/h2-20,22,30-32H,21,23H2,1H3,(H,38,41,44)/t30-,31+,32+/m0/s1. The van der Waals surface area contributed by atoms with Crippen molar-refractivity contribution in [3.8, 4) is 0 Å². The monoisotopic (exact) mass is 629 g/mol. The zero-order valence-electron chi connectivity index (χ0n) is 25.4. The number of carbonyl (C=O) groups excluding carboxylic acids is 2. The molecule has 236 valence electrons. The Morgan fingerprint density at radius 3 is 1.74 bits per heavy atom. The average Bonchev–Trinajstić information content (AvgIpc) is 3.62. The van der Waals surface area contributed by atoms with E-state index in [0.717, 1.165) is 21.8 Å². The van der Waals surface area contributed by atoms with Gasteiger partial charge in [-0.2, -0.15) is 0 Å². The summed E-state index contributed by atoms with van der Waals surface area (Å²) < 4.78 is 14.7. The number of nitrogens with one attached hydrogen (secondary N) is 1. The van der Waals surface area contributed by atoms with Crippen molar-refractivity contribution >= 4 is 11.8 Å². The summed E-state index contributed by atoms with van der Waals surface area (Å²) in [4.78, 5) is 60.1. The van der Waals surface area contributed by atoms with Crippen molar-refractivity contribution in [1.82, 2.24) is 14.6 Å². The van der Waals surface area contributed by atoms with Gasteiger partial charge in [-0.15, -0.1) is 5.06 Å². The van der Waals surface area contributed by atoms with Gasteiger partial charge in [0, 0.05) is 18.2 Å². The van der Waals surface area contributed by atoms with Crippen molar-refractivity contribution in [2.75, 3.05) is 6.61 Å².